The summed E-state index contributed by atoms with van der Waals surface area (Å²) in [5.41, 5.74) is 15.1. The Balaban J connectivity index is 1.88. The van der Waals surface area contributed by atoms with Gasteiger partial charge in [0.05, 0.1) is 38.2 Å². The van der Waals surface area contributed by atoms with E-state index in [1.54, 1.807) is 40.2 Å². The monoisotopic (exact) mass is 520 g/mol. The summed E-state index contributed by atoms with van der Waals surface area (Å²) in [4.78, 5) is 2.17. The Bertz CT molecular complexity index is 969. The van der Waals surface area contributed by atoms with Crippen LogP contribution in [-0.2, 0) is 6.42 Å². The van der Waals surface area contributed by atoms with Crippen LogP contribution < -0.4 is 30.4 Å². The molecule has 0 radical (unpaired) electrons. The zero-order valence-electron chi connectivity index (χ0n) is 21.6. The molecule has 0 aliphatic heterocycles. The van der Waals surface area contributed by atoms with E-state index < -0.39 is 0 Å². The van der Waals surface area contributed by atoms with Crippen molar-refractivity contribution in [3.8, 4) is 23.0 Å². The Morgan fingerprint density at radius 1 is 0.857 bits per heavy atom. The minimum atomic E-state index is -0.253. The summed E-state index contributed by atoms with van der Waals surface area (Å²) in [7, 11) is 6.79. The third-order valence-corrected chi connectivity index (χ3v) is 8.85. The fourth-order valence-electron chi connectivity index (χ4n) is 4.13. The van der Waals surface area contributed by atoms with Gasteiger partial charge in [-0.3, -0.25) is 0 Å². The fraction of sp³-hybridized carbons (Fsp3) is 0.556. The molecule has 1 aliphatic rings. The minimum Gasteiger partial charge on any atom is -0.496 e. The Morgan fingerprint density at radius 3 is 2.03 bits per heavy atom. The molecule has 2 atom stereocenters. The third kappa shape index (κ3) is 7.15. The predicted octanol–water partition coefficient (Wildman–Crippen LogP) is 5.34. The molecule has 194 valence electrons. The highest BCUT2D eigenvalue weighted by molar-refractivity contribution is 7.99. The Labute approximate surface area is 218 Å². The van der Waals surface area contributed by atoms with Gasteiger partial charge in [-0.1, -0.05) is 6.92 Å². The molecule has 6 nitrogen and oxygen atoms in total. The maximum absolute atomic E-state index is 6.80. The van der Waals surface area contributed by atoms with Gasteiger partial charge < -0.3 is 30.4 Å². The van der Waals surface area contributed by atoms with Crippen molar-refractivity contribution in [3.63, 3.8) is 0 Å². The van der Waals surface area contributed by atoms with Gasteiger partial charge in [0, 0.05) is 29.8 Å². The second-order valence-electron chi connectivity index (χ2n) is 8.87. The number of hydrogen-bond acceptors (Lipinski definition) is 8. The summed E-state index contributed by atoms with van der Waals surface area (Å²) in [6.07, 6.45) is 4.32. The Kier molecular flexibility index (Phi) is 10.8. The van der Waals surface area contributed by atoms with Gasteiger partial charge in [0.2, 0.25) is 0 Å². The number of ether oxygens (including phenoxy) is 4. The van der Waals surface area contributed by atoms with Crippen molar-refractivity contribution in [1.82, 2.24) is 0 Å². The van der Waals surface area contributed by atoms with Gasteiger partial charge >= 0.3 is 0 Å². The molecule has 1 saturated carbocycles. The second kappa shape index (κ2) is 13.5. The lowest BCUT2D eigenvalue weighted by molar-refractivity contribution is 0.379. The summed E-state index contributed by atoms with van der Waals surface area (Å²) in [5, 5.41) is 0. The molecule has 2 unspecified atom stereocenters. The third-order valence-electron chi connectivity index (χ3n) is 6.34. The molecule has 0 saturated heterocycles. The number of hydrogen-bond donors (Lipinski definition) is 2. The largest absolute Gasteiger partial charge is 0.496 e. The van der Waals surface area contributed by atoms with E-state index >= 15 is 0 Å². The smallest absolute Gasteiger partial charge is 0.132 e. The molecule has 3 rings (SSSR count). The van der Waals surface area contributed by atoms with Gasteiger partial charge in [-0.2, -0.15) is 0 Å². The highest BCUT2D eigenvalue weighted by atomic mass is 32.2. The number of nitrogens with two attached hydrogens (primary N) is 2. The van der Waals surface area contributed by atoms with Crippen molar-refractivity contribution < 1.29 is 18.9 Å². The summed E-state index contributed by atoms with van der Waals surface area (Å²) in [5.74, 6) is 6.11. The molecule has 8 heteroatoms. The molecule has 0 aromatic heterocycles. The van der Waals surface area contributed by atoms with Gasteiger partial charge in [-0.05, 0) is 67.2 Å². The molecule has 2 aromatic rings. The van der Waals surface area contributed by atoms with Crippen LogP contribution in [0.25, 0.3) is 0 Å². The molecule has 2 aromatic carbocycles. The standard InChI is InChI=1S/C27H40N2O4S2/c1-6-9-34-26-13-22(30-2)18(11-24(26)32-4)10-21(29)20(15-28)19-12-25(33-5)27(14-23(19)31-3)35-16-17-7-8-17/h11-14,17,20-21H,6-10,15-16,28-29H2,1-5H3. The van der Waals surface area contributed by atoms with Crippen LogP contribution in [0.2, 0.25) is 0 Å². The molecule has 4 N–H and O–H groups in total. The SMILES string of the molecule is CCCSc1cc(OC)c(CC(N)C(CN)c2cc(OC)c(SCC3CC3)cc2OC)cc1OC. The topological polar surface area (TPSA) is 89.0 Å². The lowest BCUT2D eigenvalue weighted by Crippen LogP contribution is -2.35. The predicted molar refractivity (Wildman–Crippen MR) is 147 cm³/mol. The lowest BCUT2D eigenvalue weighted by Gasteiger charge is -2.27. The number of benzene rings is 2. The first-order chi connectivity index (χ1) is 17.0. The fourth-order valence-corrected chi connectivity index (χ4v) is 6.26. The highest BCUT2D eigenvalue weighted by Gasteiger charge is 2.27. The second-order valence-corrected chi connectivity index (χ2v) is 11.1. The van der Waals surface area contributed by atoms with Crippen LogP contribution in [0.3, 0.4) is 0 Å². The first-order valence-electron chi connectivity index (χ1n) is 12.2. The van der Waals surface area contributed by atoms with Crippen molar-refractivity contribution in [3.05, 3.63) is 35.4 Å². The Hall–Kier alpha value is -1.74. The lowest BCUT2D eigenvalue weighted by atomic mass is 9.87. The number of thioether (sulfide) groups is 2. The van der Waals surface area contributed by atoms with Crippen molar-refractivity contribution in [2.75, 3.05) is 46.5 Å². The van der Waals surface area contributed by atoms with E-state index in [1.807, 2.05) is 30.0 Å². The van der Waals surface area contributed by atoms with E-state index in [1.165, 1.54) is 12.8 Å². The van der Waals surface area contributed by atoms with Gasteiger partial charge in [-0.25, -0.2) is 0 Å². The first kappa shape index (κ1) is 27.8. The average Bonchev–Trinajstić information content (AvgIpc) is 3.71. The summed E-state index contributed by atoms with van der Waals surface area (Å²) in [6.45, 7) is 2.55. The summed E-state index contributed by atoms with van der Waals surface area (Å²) in [6, 6.07) is 7.96. The zero-order valence-corrected chi connectivity index (χ0v) is 23.2. The highest BCUT2D eigenvalue weighted by Crippen LogP contribution is 2.43. The summed E-state index contributed by atoms with van der Waals surface area (Å²) >= 11 is 3.59. The molecule has 35 heavy (non-hydrogen) atoms. The van der Waals surface area contributed by atoms with E-state index in [2.05, 4.69) is 13.0 Å². The van der Waals surface area contributed by atoms with Gasteiger partial charge in [0.25, 0.3) is 0 Å². The maximum Gasteiger partial charge on any atom is 0.132 e. The van der Waals surface area contributed by atoms with Crippen molar-refractivity contribution in [2.24, 2.45) is 17.4 Å². The molecule has 1 fully saturated rings. The average molecular weight is 521 g/mol. The Morgan fingerprint density at radius 2 is 1.46 bits per heavy atom. The van der Waals surface area contributed by atoms with Crippen molar-refractivity contribution >= 4 is 23.5 Å². The summed E-state index contributed by atoms with van der Waals surface area (Å²) < 4.78 is 23.0. The van der Waals surface area contributed by atoms with Crippen LogP contribution in [0, 0.1) is 5.92 Å². The normalized spacial score (nSPS) is 14.9. The van der Waals surface area contributed by atoms with E-state index in [0.29, 0.717) is 13.0 Å². The zero-order chi connectivity index (χ0) is 25.4. The van der Waals surface area contributed by atoms with Gasteiger partial charge in [0.15, 0.2) is 0 Å². The van der Waals surface area contributed by atoms with E-state index in [4.69, 9.17) is 30.4 Å². The van der Waals surface area contributed by atoms with E-state index in [9.17, 15) is 0 Å². The minimum absolute atomic E-state index is 0.119. The van der Waals surface area contributed by atoms with Crippen molar-refractivity contribution in [2.45, 2.75) is 54.4 Å². The molecular formula is C27H40N2O4S2. The van der Waals surface area contributed by atoms with Crippen LogP contribution in [0.5, 0.6) is 23.0 Å². The van der Waals surface area contributed by atoms with Crippen LogP contribution in [0.15, 0.2) is 34.1 Å². The van der Waals surface area contributed by atoms with Crippen LogP contribution in [0.4, 0.5) is 0 Å². The molecule has 0 amide bonds. The maximum atomic E-state index is 6.80. The molecule has 0 bridgehead atoms. The molecule has 0 heterocycles. The van der Waals surface area contributed by atoms with Crippen molar-refractivity contribution in [1.29, 1.82) is 0 Å². The first-order valence-corrected chi connectivity index (χ1v) is 14.2. The quantitative estimate of drug-likeness (QED) is 0.304. The molecular weight excluding hydrogens is 480 g/mol. The van der Waals surface area contributed by atoms with E-state index in [0.717, 1.165) is 67.8 Å². The molecule has 0 spiro atoms. The molecule has 1 aliphatic carbocycles. The van der Waals surface area contributed by atoms with Gasteiger partial charge in [-0.15, -0.1) is 23.5 Å². The number of methoxy groups -OCH3 is 4. The van der Waals surface area contributed by atoms with Crippen LogP contribution >= 0.6 is 23.5 Å². The van der Waals surface area contributed by atoms with Gasteiger partial charge in [0.1, 0.15) is 23.0 Å². The van der Waals surface area contributed by atoms with Crippen LogP contribution in [0.1, 0.15) is 43.2 Å². The number of rotatable bonds is 15. The van der Waals surface area contributed by atoms with E-state index in [-0.39, 0.29) is 12.0 Å². The van der Waals surface area contributed by atoms with Crippen LogP contribution in [-0.4, -0.2) is 52.5 Å².